The molecule has 32 heavy (non-hydrogen) atoms. The van der Waals surface area contributed by atoms with Crippen molar-refractivity contribution in [3.63, 3.8) is 0 Å². The van der Waals surface area contributed by atoms with Crippen molar-refractivity contribution in [3.8, 4) is 11.1 Å². The highest BCUT2D eigenvalue weighted by Gasteiger charge is 2.30. The number of nitrogens with one attached hydrogen (secondary N) is 2. The largest absolute Gasteiger partial charge is 0.416 e. The van der Waals surface area contributed by atoms with Gasteiger partial charge in [-0.05, 0) is 62.2 Å². The lowest BCUT2D eigenvalue weighted by molar-refractivity contribution is -0.137. The van der Waals surface area contributed by atoms with Crippen molar-refractivity contribution < 1.29 is 18.0 Å². The summed E-state index contributed by atoms with van der Waals surface area (Å²) in [6, 6.07) is 6.70. The third kappa shape index (κ3) is 4.63. The normalized spacial score (nSPS) is 15.0. The smallest absolute Gasteiger partial charge is 0.317 e. The van der Waals surface area contributed by atoms with Gasteiger partial charge in [0.1, 0.15) is 11.5 Å². The highest BCUT2D eigenvalue weighted by Crippen LogP contribution is 2.31. The summed E-state index contributed by atoms with van der Waals surface area (Å²) in [6.07, 6.45) is 0.279. The number of carbonyl (C=O) groups excluding carboxylic acids is 1. The molecule has 0 atom stereocenters. The van der Waals surface area contributed by atoms with Crippen LogP contribution in [-0.2, 0) is 6.18 Å². The number of pyridine rings is 1. The minimum absolute atomic E-state index is 0.0839. The minimum atomic E-state index is -4.39. The number of piperidine rings is 1. The summed E-state index contributed by atoms with van der Waals surface area (Å²) in [5.74, 6) is -0.0660. The van der Waals surface area contributed by atoms with Gasteiger partial charge in [-0.1, -0.05) is 23.7 Å². The predicted molar refractivity (Wildman–Crippen MR) is 116 cm³/mol. The van der Waals surface area contributed by atoms with Crippen LogP contribution in [0.1, 0.15) is 40.5 Å². The topological polar surface area (TPSA) is 71.8 Å². The number of amides is 1. The molecule has 3 heterocycles. The summed E-state index contributed by atoms with van der Waals surface area (Å²) in [5.41, 5.74) is 1.48. The van der Waals surface area contributed by atoms with Crippen molar-refractivity contribution in [2.75, 3.05) is 18.4 Å². The summed E-state index contributed by atoms with van der Waals surface area (Å²) >= 11 is 6.25. The summed E-state index contributed by atoms with van der Waals surface area (Å²) in [4.78, 5) is 17.3. The zero-order valence-electron chi connectivity index (χ0n) is 17.2. The maximum absolute atomic E-state index is 13.0. The van der Waals surface area contributed by atoms with Crippen LogP contribution in [-0.4, -0.2) is 33.8 Å². The summed E-state index contributed by atoms with van der Waals surface area (Å²) < 4.78 is 40.0. The molecule has 0 bridgehead atoms. The lowest BCUT2D eigenvalue weighted by atomic mass is 10.0. The van der Waals surface area contributed by atoms with Crippen molar-refractivity contribution in [1.29, 1.82) is 0 Å². The fourth-order valence-electron chi connectivity index (χ4n) is 3.76. The second kappa shape index (κ2) is 8.91. The minimum Gasteiger partial charge on any atom is -0.317 e. The standard InChI is InChI=1S/C22H21ClF3N5O/c1-13-10-15(14-2-4-16(5-3-14)22(24,25)26)11-28-20(13)30-21(32)19-18(23)12-29-31(19)17-6-8-27-9-7-17/h2-5,10-12,17,27H,6-9H2,1H3,(H,28,30,32). The predicted octanol–water partition coefficient (Wildman–Crippen LogP) is 5.10. The van der Waals surface area contributed by atoms with Crippen molar-refractivity contribution in [2.24, 2.45) is 0 Å². The molecular weight excluding hydrogens is 443 g/mol. The van der Waals surface area contributed by atoms with E-state index in [9.17, 15) is 18.0 Å². The average Bonchev–Trinajstić information content (AvgIpc) is 3.17. The van der Waals surface area contributed by atoms with Gasteiger partial charge in [0.05, 0.1) is 22.8 Å². The number of aryl methyl sites for hydroxylation is 1. The van der Waals surface area contributed by atoms with Gasteiger partial charge in [0.2, 0.25) is 0 Å². The van der Waals surface area contributed by atoms with Crippen LogP contribution in [0.3, 0.4) is 0 Å². The molecule has 0 saturated carbocycles. The second-order valence-electron chi connectivity index (χ2n) is 7.69. The third-order valence-electron chi connectivity index (χ3n) is 5.48. The van der Waals surface area contributed by atoms with E-state index in [2.05, 4.69) is 20.7 Å². The molecule has 3 aromatic rings. The Labute approximate surface area is 187 Å². The Kier molecular flexibility index (Phi) is 6.21. The van der Waals surface area contributed by atoms with Crippen molar-refractivity contribution in [1.82, 2.24) is 20.1 Å². The Morgan fingerprint density at radius 1 is 1.16 bits per heavy atom. The first-order valence-corrected chi connectivity index (χ1v) is 10.5. The first-order valence-electron chi connectivity index (χ1n) is 10.1. The zero-order valence-corrected chi connectivity index (χ0v) is 18.0. The first-order chi connectivity index (χ1) is 15.2. The average molecular weight is 464 g/mol. The molecule has 1 aliphatic rings. The molecule has 0 aliphatic carbocycles. The molecule has 10 heteroatoms. The second-order valence-corrected chi connectivity index (χ2v) is 8.09. The third-order valence-corrected chi connectivity index (χ3v) is 5.75. The Bertz CT molecular complexity index is 1120. The SMILES string of the molecule is Cc1cc(-c2ccc(C(F)(F)F)cc2)cnc1NC(=O)c1c(Cl)cnn1C1CCNCC1. The molecule has 1 saturated heterocycles. The van der Waals surface area contributed by atoms with E-state index < -0.39 is 17.6 Å². The molecule has 2 N–H and O–H groups in total. The Morgan fingerprint density at radius 2 is 1.84 bits per heavy atom. The molecule has 0 radical (unpaired) electrons. The van der Waals surface area contributed by atoms with Gasteiger partial charge >= 0.3 is 6.18 Å². The molecule has 0 spiro atoms. The summed E-state index contributed by atoms with van der Waals surface area (Å²) in [7, 11) is 0. The number of aromatic nitrogens is 3. The van der Waals surface area contributed by atoms with Crippen molar-refractivity contribution in [2.45, 2.75) is 32.0 Å². The highest BCUT2D eigenvalue weighted by molar-refractivity contribution is 6.34. The van der Waals surface area contributed by atoms with E-state index in [1.165, 1.54) is 24.5 Å². The molecule has 4 rings (SSSR count). The summed E-state index contributed by atoms with van der Waals surface area (Å²) in [6.45, 7) is 3.45. The first kappa shape index (κ1) is 22.3. The lowest BCUT2D eigenvalue weighted by Gasteiger charge is -2.24. The number of carbonyl (C=O) groups is 1. The molecule has 6 nitrogen and oxygen atoms in total. The number of halogens is 4. The van der Waals surface area contributed by atoms with E-state index in [0.717, 1.165) is 38.1 Å². The monoisotopic (exact) mass is 463 g/mol. The van der Waals surface area contributed by atoms with Crippen LogP contribution in [0, 0.1) is 6.92 Å². The molecule has 1 fully saturated rings. The van der Waals surface area contributed by atoms with Gasteiger partial charge < -0.3 is 10.6 Å². The Hall–Kier alpha value is -2.91. The van der Waals surface area contributed by atoms with Gasteiger partial charge in [0.15, 0.2) is 0 Å². The van der Waals surface area contributed by atoms with Gasteiger partial charge in [-0.15, -0.1) is 0 Å². The molecule has 1 aliphatic heterocycles. The molecule has 2 aromatic heterocycles. The van der Waals surface area contributed by atoms with Gasteiger partial charge in [0, 0.05) is 11.8 Å². The molecule has 0 unspecified atom stereocenters. The van der Waals surface area contributed by atoms with E-state index in [4.69, 9.17) is 11.6 Å². The number of hydrogen-bond donors (Lipinski definition) is 2. The number of rotatable bonds is 4. The van der Waals surface area contributed by atoms with Crippen LogP contribution in [0.5, 0.6) is 0 Å². The van der Waals surface area contributed by atoms with E-state index in [1.54, 1.807) is 17.7 Å². The molecule has 1 aromatic carbocycles. The number of alkyl halides is 3. The van der Waals surface area contributed by atoms with E-state index >= 15 is 0 Å². The number of anilines is 1. The molecular formula is C22H21ClF3N5O. The summed E-state index contributed by atoms with van der Waals surface area (Å²) in [5, 5.41) is 10.6. The lowest BCUT2D eigenvalue weighted by Crippen LogP contribution is -2.32. The maximum Gasteiger partial charge on any atom is 0.416 e. The highest BCUT2D eigenvalue weighted by atomic mass is 35.5. The fraction of sp³-hybridized carbons (Fsp3) is 0.318. The van der Waals surface area contributed by atoms with E-state index in [0.29, 0.717) is 22.5 Å². The van der Waals surface area contributed by atoms with Crippen LogP contribution in [0.15, 0.2) is 42.7 Å². The van der Waals surface area contributed by atoms with Gasteiger partial charge in [-0.25, -0.2) is 4.98 Å². The number of nitrogens with zero attached hydrogens (tertiary/aromatic N) is 3. The van der Waals surface area contributed by atoms with Crippen molar-refractivity contribution in [3.05, 3.63) is 64.6 Å². The van der Waals surface area contributed by atoms with Crippen molar-refractivity contribution >= 4 is 23.3 Å². The number of benzene rings is 1. The zero-order chi connectivity index (χ0) is 22.9. The Morgan fingerprint density at radius 3 is 2.47 bits per heavy atom. The van der Waals surface area contributed by atoms with Crippen LogP contribution in [0.25, 0.3) is 11.1 Å². The fourth-order valence-corrected chi connectivity index (χ4v) is 3.98. The quantitative estimate of drug-likeness (QED) is 0.564. The van der Waals surface area contributed by atoms with Crippen LogP contribution in [0.4, 0.5) is 19.0 Å². The van der Waals surface area contributed by atoms with Gasteiger partial charge in [-0.2, -0.15) is 18.3 Å². The Balaban J connectivity index is 1.54. The van der Waals surface area contributed by atoms with E-state index in [1.807, 2.05) is 0 Å². The van der Waals surface area contributed by atoms with Gasteiger partial charge in [-0.3, -0.25) is 9.48 Å². The number of hydrogen-bond acceptors (Lipinski definition) is 4. The maximum atomic E-state index is 13.0. The van der Waals surface area contributed by atoms with Crippen LogP contribution in [0.2, 0.25) is 5.02 Å². The molecule has 1 amide bonds. The van der Waals surface area contributed by atoms with E-state index in [-0.39, 0.29) is 16.8 Å². The molecule has 168 valence electrons. The van der Waals surface area contributed by atoms with Gasteiger partial charge in [0.25, 0.3) is 5.91 Å². The van der Waals surface area contributed by atoms with Crippen LogP contribution >= 0.6 is 11.6 Å². The van der Waals surface area contributed by atoms with Crippen LogP contribution < -0.4 is 10.6 Å².